The largest absolute Gasteiger partial charge is 0.322 e. The Morgan fingerprint density at radius 3 is 2.31 bits per heavy atom. The van der Waals surface area contributed by atoms with E-state index in [-0.39, 0.29) is 16.6 Å². The van der Waals surface area contributed by atoms with Crippen LogP contribution in [0.2, 0.25) is 0 Å². The predicted molar refractivity (Wildman–Crippen MR) is 117 cm³/mol. The standard InChI is InChI=1S/C22H18N2O3S2/c1-2-29(26,27)18-13-9-15(10-14-18)21(25)23-17-11-7-16(8-12-17)22-24-19-5-3-4-6-20(19)28-22/h3-14H,2H2,1H3,(H,23,25). The number of nitrogens with zero attached hydrogens (tertiary/aromatic N) is 1. The van der Waals surface area contributed by atoms with Gasteiger partial charge in [0.2, 0.25) is 0 Å². The Morgan fingerprint density at radius 1 is 0.966 bits per heavy atom. The number of carbonyl (C=O) groups excluding carboxylic acids is 1. The third kappa shape index (κ3) is 4.06. The molecule has 1 heterocycles. The summed E-state index contributed by atoms with van der Waals surface area (Å²) in [5.74, 6) is -0.266. The summed E-state index contributed by atoms with van der Waals surface area (Å²) >= 11 is 1.62. The summed E-state index contributed by atoms with van der Waals surface area (Å²) in [6.07, 6.45) is 0. The molecular formula is C22H18N2O3S2. The van der Waals surface area contributed by atoms with Gasteiger partial charge in [-0.3, -0.25) is 4.79 Å². The third-order valence-corrected chi connectivity index (χ3v) is 7.38. The number of carbonyl (C=O) groups is 1. The van der Waals surface area contributed by atoms with E-state index in [1.54, 1.807) is 18.3 Å². The van der Waals surface area contributed by atoms with Gasteiger partial charge >= 0.3 is 0 Å². The molecule has 146 valence electrons. The zero-order valence-electron chi connectivity index (χ0n) is 15.6. The van der Waals surface area contributed by atoms with E-state index in [9.17, 15) is 13.2 Å². The van der Waals surface area contributed by atoms with Crippen molar-refractivity contribution in [1.82, 2.24) is 4.98 Å². The van der Waals surface area contributed by atoms with Gasteiger partial charge in [-0.15, -0.1) is 11.3 Å². The van der Waals surface area contributed by atoms with Crippen molar-refractivity contribution in [3.8, 4) is 10.6 Å². The molecule has 0 radical (unpaired) electrons. The average Bonchev–Trinajstić information content (AvgIpc) is 3.18. The fourth-order valence-electron chi connectivity index (χ4n) is 2.88. The molecule has 7 heteroatoms. The number of hydrogen-bond donors (Lipinski definition) is 1. The topological polar surface area (TPSA) is 76.1 Å². The Balaban J connectivity index is 1.49. The molecule has 0 bridgehead atoms. The molecule has 4 rings (SSSR count). The number of anilines is 1. The minimum absolute atomic E-state index is 0.0273. The maximum atomic E-state index is 12.4. The van der Waals surface area contributed by atoms with Crippen LogP contribution in [0.25, 0.3) is 20.8 Å². The van der Waals surface area contributed by atoms with Gasteiger partial charge in [0.05, 0.1) is 20.9 Å². The van der Waals surface area contributed by atoms with E-state index in [1.807, 2.05) is 48.5 Å². The molecule has 0 aliphatic carbocycles. The van der Waals surface area contributed by atoms with Crippen LogP contribution >= 0.6 is 11.3 Å². The summed E-state index contributed by atoms with van der Waals surface area (Å²) in [7, 11) is -3.28. The Hall–Kier alpha value is -3.03. The predicted octanol–water partition coefficient (Wildman–Crippen LogP) is 5.01. The van der Waals surface area contributed by atoms with Crippen molar-refractivity contribution in [2.75, 3.05) is 11.1 Å². The van der Waals surface area contributed by atoms with Crippen molar-refractivity contribution >= 4 is 43.0 Å². The molecule has 0 fully saturated rings. The maximum absolute atomic E-state index is 12.4. The first kappa shape index (κ1) is 19.3. The van der Waals surface area contributed by atoms with Crippen molar-refractivity contribution in [2.45, 2.75) is 11.8 Å². The van der Waals surface area contributed by atoms with E-state index >= 15 is 0 Å². The van der Waals surface area contributed by atoms with E-state index in [4.69, 9.17) is 0 Å². The van der Waals surface area contributed by atoms with Gasteiger partial charge < -0.3 is 5.32 Å². The van der Waals surface area contributed by atoms with Crippen LogP contribution in [0.15, 0.2) is 77.7 Å². The summed E-state index contributed by atoms with van der Waals surface area (Å²) in [5.41, 5.74) is 3.01. The highest BCUT2D eigenvalue weighted by atomic mass is 32.2. The Labute approximate surface area is 173 Å². The second-order valence-electron chi connectivity index (χ2n) is 6.45. The monoisotopic (exact) mass is 422 g/mol. The third-order valence-electron chi connectivity index (χ3n) is 4.54. The molecular weight excluding hydrogens is 404 g/mol. The van der Waals surface area contributed by atoms with Crippen LogP contribution in [0.1, 0.15) is 17.3 Å². The number of thiazole rings is 1. The molecule has 0 atom stereocenters. The normalized spacial score (nSPS) is 11.5. The van der Waals surface area contributed by atoms with E-state index < -0.39 is 9.84 Å². The van der Waals surface area contributed by atoms with Crippen molar-refractivity contribution in [3.63, 3.8) is 0 Å². The van der Waals surface area contributed by atoms with Crippen LogP contribution in [0.3, 0.4) is 0 Å². The van der Waals surface area contributed by atoms with Gasteiger partial charge in [-0.05, 0) is 60.7 Å². The number of hydrogen-bond acceptors (Lipinski definition) is 5. The molecule has 0 aliphatic rings. The second-order valence-corrected chi connectivity index (χ2v) is 9.75. The number of rotatable bonds is 5. The summed E-state index contributed by atoms with van der Waals surface area (Å²) in [6.45, 7) is 1.59. The molecule has 0 unspecified atom stereocenters. The smallest absolute Gasteiger partial charge is 0.255 e. The van der Waals surface area contributed by atoms with Gasteiger partial charge in [-0.2, -0.15) is 0 Å². The van der Waals surface area contributed by atoms with Gasteiger partial charge in [0.25, 0.3) is 5.91 Å². The lowest BCUT2D eigenvalue weighted by Crippen LogP contribution is -2.12. The van der Waals surface area contributed by atoms with E-state index in [1.165, 1.54) is 24.3 Å². The molecule has 5 nitrogen and oxygen atoms in total. The van der Waals surface area contributed by atoms with E-state index in [0.717, 1.165) is 20.8 Å². The van der Waals surface area contributed by atoms with Crippen molar-refractivity contribution in [1.29, 1.82) is 0 Å². The van der Waals surface area contributed by atoms with E-state index in [2.05, 4.69) is 10.3 Å². The molecule has 0 saturated heterocycles. The van der Waals surface area contributed by atoms with Crippen molar-refractivity contribution in [3.05, 3.63) is 78.4 Å². The molecule has 29 heavy (non-hydrogen) atoms. The zero-order valence-corrected chi connectivity index (χ0v) is 17.3. The van der Waals surface area contributed by atoms with Gasteiger partial charge in [0.1, 0.15) is 5.01 Å². The fraction of sp³-hybridized carbons (Fsp3) is 0.0909. The van der Waals surface area contributed by atoms with Crippen molar-refractivity contribution in [2.24, 2.45) is 0 Å². The number of benzene rings is 3. The Bertz CT molecular complexity index is 1240. The number of fused-ring (bicyclic) bond motifs is 1. The van der Waals surface area contributed by atoms with Crippen LogP contribution in [-0.2, 0) is 9.84 Å². The number of amides is 1. The summed E-state index contributed by atoms with van der Waals surface area (Å²) in [4.78, 5) is 17.3. The highest BCUT2D eigenvalue weighted by molar-refractivity contribution is 7.91. The van der Waals surface area contributed by atoms with Gasteiger partial charge in [-0.1, -0.05) is 19.1 Å². The number of para-hydroxylation sites is 1. The molecule has 0 spiro atoms. The van der Waals surface area contributed by atoms with Crippen molar-refractivity contribution < 1.29 is 13.2 Å². The Morgan fingerprint density at radius 2 is 1.66 bits per heavy atom. The van der Waals surface area contributed by atoms with Crippen LogP contribution in [0.5, 0.6) is 0 Å². The highest BCUT2D eigenvalue weighted by Gasteiger charge is 2.13. The van der Waals surface area contributed by atoms with Crippen LogP contribution in [0, 0.1) is 0 Å². The first-order valence-electron chi connectivity index (χ1n) is 9.06. The van der Waals surface area contributed by atoms with Crippen LogP contribution in [0.4, 0.5) is 5.69 Å². The zero-order chi connectivity index (χ0) is 20.4. The molecule has 0 saturated carbocycles. The lowest BCUT2D eigenvalue weighted by Gasteiger charge is -2.07. The fourth-order valence-corrected chi connectivity index (χ4v) is 4.73. The van der Waals surface area contributed by atoms with Gasteiger partial charge in [-0.25, -0.2) is 13.4 Å². The van der Waals surface area contributed by atoms with Crippen LogP contribution < -0.4 is 5.32 Å². The average molecular weight is 423 g/mol. The molecule has 1 N–H and O–H groups in total. The molecule has 3 aromatic carbocycles. The minimum atomic E-state index is -3.28. The molecule has 1 aromatic heterocycles. The molecule has 0 aliphatic heterocycles. The maximum Gasteiger partial charge on any atom is 0.255 e. The highest BCUT2D eigenvalue weighted by Crippen LogP contribution is 2.30. The summed E-state index contributed by atoms with van der Waals surface area (Å²) in [5, 5.41) is 3.76. The quantitative estimate of drug-likeness (QED) is 0.491. The van der Waals surface area contributed by atoms with Gasteiger partial charge in [0.15, 0.2) is 9.84 Å². The van der Waals surface area contributed by atoms with Crippen LogP contribution in [-0.4, -0.2) is 25.1 Å². The summed E-state index contributed by atoms with van der Waals surface area (Å²) < 4.78 is 24.9. The second kappa shape index (κ2) is 7.77. The minimum Gasteiger partial charge on any atom is -0.322 e. The lowest BCUT2D eigenvalue weighted by molar-refractivity contribution is 0.102. The number of sulfone groups is 1. The first-order valence-corrected chi connectivity index (χ1v) is 11.5. The summed E-state index contributed by atoms with van der Waals surface area (Å²) in [6, 6.07) is 21.5. The molecule has 4 aromatic rings. The van der Waals surface area contributed by atoms with Gasteiger partial charge in [0, 0.05) is 16.8 Å². The lowest BCUT2D eigenvalue weighted by atomic mass is 10.2. The Kier molecular flexibility index (Phi) is 5.17. The molecule has 1 amide bonds. The van der Waals surface area contributed by atoms with E-state index in [0.29, 0.717) is 11.3 Å². The number of nitrogens with one attached hydrogen (secondary N) is 1. The number of aromatic nitrogens is 1. The first-order chi connectivity index (χ1) is 14.0. The SMILES string of the molecule is CCS(=O)(=O)c1ccc(C(=O)Nc2ccc(-c3nc4ccccc4s3)cc2)cc1.